The van der Waals surface area contributed by atoms with Gasteiger partial charge in [0.15, 0.2) is 0 Å². The highest BCUT2D eigenvalue weighted by Gasteiger charge is 2.31. The molecule has 0 radical (unpaired) electrons. The van der Waals surface area contributed by atoms with Gasteiger partial charge >= 0.3 is 0 Å². The van der Waals surface area contributed by atoms with Crippen molar-refractivity contribution in [3.8, 4) is 5.75 Å². The zero-order valence-electron chi connectivity index (χ0n) is 16.9. The number of nitrogens with zero attached hydrogens (tertiary/aromatic N) is 1. The average molecular weight is 417 g/mol. The number of sulfonamides is 1. The Morgan fingerprint density at radius 3 is 2.28 bits per heavy atom. The molecular weight excluding hydrogens is 388 g/mol. The molecule has 1 aliphatic heterocycles. The van der Waals surface area contributed by atoms with Crippen molar-refractivity contribution in [3.05, 3.63) is 59.7 Å². The molecule has 7 heteroatoms. The van der Waals surface area contributed by atoms with E-state index in [9.17, 15) is 13.2 Å². The van der Waals surface area contributed by atoms with Crippen molar-refractivity contribution in [3.63, 3.8) is 0 Å². The summed E-state index contributed by atoms with van der Waals surface area (Å²) in [5.74, 6) is 0.623. The number of piperidine rings is 1. The van der Waals surface area contributed by atoms with Gasteiger partial charge in [0.05, 0.1) is 11.5 Å². The maximum atomic E-state index is 12.8. The summed E-state index contributed by atoms with van der Waals surface area (Å²) in [6, 6.07) is 14.5. The first kappa shape index (κ1) is 21.3. The van der Waals surface area contributed by atoms with Crippen LogP contribution in [0.1, 0.15) is 30.9 Å². The Hall–Kier alpha value is -2.38. The summed E-state index contributed by atoms with van der Waals surface area (Å²) in [4.78, 5) is 12.8. The van der Waals surface area contributed by atoms with Gasteiger partial charge in [-0.15, -0.1) is 0 Å². The van der Waals surface area contributed by atoms with Gasteiger partial charge in [-0.1, -0.05) is 29.8 Å². The molecule has 1 aliphatic rings. The third-order valence-corrected chi connectivity index (χ3v) is 7.10. The molecule has 29 heavy (non-hydrogen) atoms. The van der Waals surface area contributed by atoms with Crippen LogP contribution in [0.2, 0.25) is 0 Å². The van der Waals surface area contributed by atoms with E-state index in [4.69, 9.17) is 4.74 Å². The van der Waals surface area contributed by atoms with E-state index >= 15 is 0 Å². The van der Waals surface area contributed by atoms with Gasteiger partial charge in [0, 0.05) is 25.6 Å². The number of amides is 1. The lowest BCUT2D eigenvalue weighted by molar-refractivity contribution is -0.126. The van der Waals surface area contributed by atoms with Gasteiger partial charge in [0.25, 0.3) is 0 Å². The predicted molar refractivity (Wildman–Crippen MR) is 112 cm³/mol. The van der Waals surface area contributed by atoms with Crippen LogP contribution < -0.4 is 10.1 Å². The summed E-state index contributed by atoms with van der Waals surface area (Å²) in [5, 5.41) is 2.96. The number of hydrogen-bond donors (Lipinski definition) is 1. The molecule has 1 N–H and O–H groups in total. The topological polar surface area (TPSA) is 75.7 Å². The molecular formula is C22H28N2O4S. The molecule has 1 saturated heterocycles. The molecule has 0 unspecified atom stereocenters. The molecule has 2 aromatic carbocycles. The quantitative estimate of drug-likeness (QED) is 0.753. The van der Waals surface area contributed by atoms with E-state index in [0.717, 1.165) is 16.9 Å². The Morgan fingerprint density at radius 2 is 1.69 bits per heavy atom. The van der Waals surface area contributed by atoms with Crippen molar-refractivity contribution >= 4 is 15.9 Å². The SMILES string of the molecule is CCOc1ccc(CNC(=O)C2CCN(S(=O)(=O)c3ccc(C)cc3)CC2)cc1. The van der Waals surface area contributed by atoms with Gasteiger partial charge in [-0.25, -0.2) is 8.42 Å². The minimum atomic E-state index is -3.50. The van der Waals surface area contributed by atoms with E-state index in [2.05, 4.69) is 5.32 Å². The maximum absolute atomic E-state index is 12.8. The number of carbonyl (C=O) groups excluding carboxylic acids is 1. The molecule has 0 saturated carbocycles. The molecule has 0 aliphatic carbocycles. The Labute approximate surface area is 172 Å². The molecule has 156 valence electrons. The molecule has 6 nitrogen and oxygen atoms in total. The smallest absolute Gasteiger partial charge is 0.243 e. The lowest BCUT2D eigenvalue weighted by Crippen LogP contribution is -2.42. The Morgan fingerprint density at radius 1 is 1.07 bits per heavy atom. The number of aryl methyl sites for hydroxylation is 1. The van der Waals surface area contributed by atoms with E-state index < -0.39 is 10.0 Å². The normalized spacial score (nSPS) is 15.8. The second kappa shape index (κ2) is 9.41. The Kier molecular flexibility index (Phi) is 6.92. The zero-order valence-corrected chi connectivity index (χ0v) is 17.7. The van der Waals surface area contributed by atoms with Crippen molar-refractivity contribution in [2.45, 2.75) is 38.1 Å². The highest BCUT2D eigenvalue weighted by atomic mass is 32.2. The van der Waals surface area contributed by atoms with E-state index in [1.165, 1.54) is 4.31 Å². The van der Waals surface area contributed by atoms with Crippen LogP contribution in [-0.4, -0.2) is 38.3 Å². The third-order valence-electron chi connectivity index (χ3n) is 5.18. The van der Waals surface area contributed by atoms with Crippen LogP contribution in [0.5, 0.6) is 5.75 Å². The first-order chi connectivity index (χ1) is 13.9. The van der Waals surface area contributed by atoms with E-state index in [1.54, 1.807) is 24.3 Å². The number of benzene rings is 2. The van der Waals surface area contributed by atoms with Gasteiger partial charge in [0.2, 0.25) is 15.9 Å². The van der Waals surface area contributed by atoms with Crippen molar-refractivity contribution in [1.29, 1.82) is 0 Å². The highest BCUT2D eigenvalue weighted by Crippen LogP contribution is 2.24. The zero-order chi connectivity index (χ0) is 20.9. The fraction of sp³-hybridized carbons (Fsp3) is 0.409. The fourth-order valence-electron chi connectivity index (χ4n) is 3.42. The standard InChI is InChI=1S/C22H28N2O4S/c1-3-28-20-8-6-18(7-9-20)16-23-22(25)19-12-14-24(15-13-19)29(26,27)21-10-4-17(2)5-11-21/h4-11,19H,3,12-16H2,1-2H3,(H,23,25). The minimum absolute atomic E-state index is 0.0220. The maximum Gasteiger partial charge on any atom is 0.243 e. The van der Waals surface area contributed by atoms with Crippen molar-refractivity contribution in [2.75, 3.05) is 19.7 Å². The summed E-state index contributed by atoms with van der Waals surface area (Å²) in [5.41, 5.74) is 2.02. The van der Waals surface area contributed by atoms with Crippen LogP contribution in [-0.2, 0) is 21.4 Å². The molecule has 0 aromatic heterocycles. The van der Waals surface area contributed by atoms with Gasteiger partial charge in [0.1, 0.15) is 5.75 Å². The average Bonchev–Trinajstić information content (AvgIpc) is 2.73. The summed E-state index contributed by atoms with van der Waals surface area (Å²) in [6.45, 7) is 5.65. The van der Waals surface area contributed by atoms with Crippen LogP contribution in [0.3, 0.4) is 0 Å². The van der Waals surface area contributed by atoms with E-state index in [0.29, 0.717) is 44.0 Å². The minimum Gasteiger partial charge on any atom is -0.494 e. The second-order valence-electron chi connectivity index (χ2n) is 7.29. The monoisotopic (exact) mass is 416 g/mol. The first-order valence-electron chi connectivity index (χ1n) is 9.96. The molecule has 0 atom stereocenters. The lowest BCUT2D eigenvalue weighted by Gasteiger charge is -2.30. The van der Waals surface area contributed by atoms with Gasteiger partial charge in [-0.3, -0.25) is 4.79 Å². The lowest BCUT2D eigenvalue weighted by atomic mass is 9.97. The number of carbonyl (C=O) groups is 1. The Balaban J connectivity index is 1.50. The molecule has 3 rings (SSSR count). The van der Waals surface area contributed by atoms with E-state index in [-0.39, 0.29) is 11.8 Å². The number of ether oxygens (including phenoxy) is 1. The van der Waals surface area contributed by atoms with Crippen molar-refractivity contribution in [2.24, 2.45) is 5.92 Å². The number of hydrogen-bond acceptors (Lipinski definition) is 4. The molecule has 1 amide bonds. The van der Waals surface area contributed by atoms with Crippen LogP contribution in [0.15, 0.2) is 53.4 Å². The molecule has 0 spiro atoms. The molecule has 1 fully saturated rings. The predicted octanol–water partition coefficient (Wildman–Crippen LogP) is 3.11. The van der Waals surface area contributed by atoms with Crippen LogP contribution in [0.4, 0.5) is 0 Å². The Bertz CT molecular complexity index is 916. The van der Waals surface area contributed by atoms with Crippen molar-refractivity contribution in [1.82, 2.24) is 9.62 Å². The summed E-state index contributed by atoms with van der Waals surface area (Å²) < 4.78 is 32.4. The van der Waals surface area contributed by atoms with Crippen molar-refractivity contribution < 1.29 is 17.9 Å². The summed E-state index contributed by atoms with van der Waals surface area (Å²) in [7, 11) is -3.50. The van der Waals surface area contributed by atoms with Gasteiger partial charge in [-0.05, 0) is 56.5 Å². The van der Waals surface area contributed by atoms with Gasteiger partial charge in [-0.2, -0.15) is 4.31 Å². The van der Waals surface area contributed by atoms with Crippen LogP contribution >= 0.6 is 0 Å². The number of rotatable bonds is 7. The van der Waals surface area contributed by atoms with E-state index in [1.807, 2.05) is 38.1 Å². The summed E-state index contributed by atoms with van der Waals surface area (Å²) >= 11 is 0. The third kappa shape index (κ3) is 5.36. The van der Waals surface area contributed by atoms with Crippen LogP contribution in [0.25, 0.3) is 0 Å². The second-order valence-corrected chi connectivity index (χ2v) is 9.22. The fourth-order valence-corrected chi connectivity index (χ4v) is 4.89. The first-order valence-corrected chi connectivity index (χ1v) is 11.4. The largest absolute Gasteiger partial charge is 0.494 e. The highest BCUT2D eigenvalue weighted by molar-refractivity contribution is 7.89. The summed E-state index contributed by atoms with van der Waals surface area (Å²) in [6.07, 6.45) is 1.06. The van der Waals surface area contributed by atoms with Gasteiger partial charge < -0.3 is 10.1 Å². The molecule has 2 aromatic rings. The number of nitrogens with one attached hydrogen (secondary N) is 1. The molecule has 0 bridgehead atoms. The molecule has 1 heterocycles. The van der Waals surface area contributed by atoms with Crippen LogP contribution in [0, 0.1) is 12.8 Å².